The van der Waals surface area contributed by atoms with Crippen LogP contribution in [-0.4, -0.2) is 49.4 Å². The predicted molar refractivity (Wildman–Crippen MR) is 73.2 cm³/mol. The molecule has 0 saturated carbocycles. The van der Waals surface area contributed by atoms with Gasteiger partial charge in [-0.2, -0.15) is 22.3 Å². The lowest BCUT2D eigenvalue weighted by Gasteiger charge is -2.33. The summed E-state index contributed by atoms with van der Waals surface area (Å²) in [7, 11) is -3.60. The SMILES string of the molecule is N#C[C@H]1CN(S(=O)(=O)N2CCC[C@H]2c2ccco2)CCO1. The minimum atomic E-state index is -3.60. The van der Waals surface area contributed by atoms with Crippen molar-refractivity contribution in [3.8, 4) is 6.07 Å². The van der Waals surface area contributed by atoms with Gasteiger partial charge in [0.15, 0.2) is 6.10 Å². The first-order chi connectivity index (χ1) is 10.1. The van der Waals surface area contributed by atoms with Gasteiger partial charge in [0, 0.05) is 13.1 Å². The van der Waals surface area contributed by atoms with Crippen LogP contribution in [0.25, 0.3) is 0 Å². The number of rotatable bonds is 3. The highest BCUT2D eigenvalue weighted by atomic mass is 32.2. The van der Waals surface area contributed by atoms with Crippen LogP contribution in [0.15, 0.2) is 22.8 Å². The molecule has 0 amide bonds. The van der Waals surface area contributed by atoms with Gasteiger partial charge in [-0.1, -0.05) is 0 Å². The van der Waals surface area contributed by atoms with Gasteiger partial charge in [-0.05, 0) is 25.0 Å². The van der Waals surface area contributed by atoms with Crippen molar-refractivity contribution in [1.29, 1.82) is 5.26 Å². The fourth-order valence-corrected chi connectivity index (χ4v) is 4.66. The molecule has 0 radical (unpaired) electrons. The average molecular weight is 311 g/mol. The first-order valence-corrected chi connectivity index (χ1v) is 8.34. The molecule has 114 valence electrons. The van der Waals surface area contributed by atoms with E-state index in [-0.39, 0.29) is 25.7 Å². The van der Waals surface area contributed by atoms with Crippen LogP contribution in [0.4, 0.5) is 0 Å². The maximum atomic E-state index is 12.8. The van der Waals surface area contributed by atoms with Crippen LogP contribution >= 0.6 is 0 Å². The van der Waals surface area contributed by atoms with Crippen molar-refractivity contribution in [2.75, 3.05) is 26.2 Å². The number of hydrogen-bond donors (Lipinski definition) is 0. The Hall–Kier alpha value is -1.40. The molecule has 2 aliphatic rings. The molecule has 0 aromatic carbocycles. The fraction of sp³-hybridized carbons (Fsp3) is 0.615. The van der Waals surface area contributed by atoms with Crippen molar-refractivity contribution in [2.24, 2.45) is 0 Å². The Kier molecular flexibility index (Phi) is 3.99. The standard InChI is InChI=1S/C13H17N3O4S/c14-9-11-10-15(6-8-19-11)21(17,18)16-5-1-3-12(16)13-4-2-7-20-13/h2,4,7,11-12H,1,3,5-6,8,10H2/t11-,12-/m0/s1. The second-order valence-corrected chi connectivity index (χ2v) is 7.02. The lowest BCUT2D eigenvalue weighted by atomic mass is 10.2. The Balaban J connectivity index is 1.82. The average Bonchev–Trinajstić information content (AvgIpc) is 3.17. The smallest absolute Gasteiger partial charge is 0.282 e. The lowest BCUT2D eigenvalue weighted by molar-refractivity contribution is 0.0286. The number of hydrogen-bond acceptors (Lipinski definition) is 5. The summed E-state index contributed by atoms with van der Waals surface area (Å²) < 4.78 is 39.0. The monoisotopic (exact) mass is 311 g/mol. The molecular weight excluding hydrogens is 294 g/mol. The van der Waals surface area contributed by atoms with Gasteiger partial charge in [0.25, 0.3) is 10.2 Å². The molecule has 1 aromatic rings. The van der Waals surface area contributed by atoms with Crippen LogP contribution in [0.1, 0.15) is 24.6 Å². The molecule has 2 aliphatic heterocycles. The summed E-state index contributed by atoms with van der Waals surface area (Å²) in [6, 6.07) is 5.28. The van der Waals surface area contributed by atoms with Crippen LogP contribution in [0.2, 0.25) is 0 Å². The van der Waals surface area contributed by atoms with Crippen LogP contribution in [0, 0.1) is 11.3 Å². The van der Waals surface area contributed by atoms with Crippen molar-refractivity contribution >= 4 is 10.2 Å². The van der Waals surface area contributed by atoms with Gasteiger partial charge < -0.3 is 9.15 Å². The van der Waals surface area contributed by atoms with E-state index in [1.165, 1.54) is 8.61 Å². The van der Waals surface area contributed by atoms with E-state index >= 15 is 0 Å². The van der Waals surface area contributed by atoms with E-state index in [4.69, 9.17) is 14.4 Å². The van der Waals surface area contributed by atoms with E-state index in [2.05, 4.69) is 0 Å². The van der Waals surface area contributed by atoms with Crippen LogP contribution in [0.5, 0.6) is 0 Å². The molecule has 3 rings (SSSR count). The normalized spacial score (nSPS) is 28.5. The van der Waals surface area contributed by atoms with E-state index in [1.807, 2.05) is 6.07 Å². The van der Waals surface area contributed by atoms with Crippen molar-refractivity contribution in [1.82, 2.24) is 8.61 Å². The third-order valence-electron chi connectivity index (χ3n) is 3.87. The summed E-state index contributed by atoms with van der Waals surface area (Å²) in [5.41, 5.74) is 0. The molecule has 7 nitrogen and oxygen atoms in total. The van der Waals surface area contributed by atoms with E-state index in [0.717, 1.165) is 12.8 Å². The zero-order valence-corrected chi connectivity index (χ0v) is 12.3. The molecule has 2 fully saturated rings. The zero-order valence-electron chi connectivity index (χ0n) is 11.5. The summed E-state index contributed by atoms with van der Waals surface area (Å²) in [5, 5.41) is 8.92. The Labute approximate surface area is 123 Å². The minimum absolute atomic E-state index is 0.0835. The van der Waals surface area contributed by atoms with Crippen molar-refractivity contribution in [3.63, 3.8) is 0 Å². The third-order valence-corrected chi connectivity index (χ3v) is 5.89. The lowest BCUT2D eigenvalue weighted by Crippen LogP contribution is -2.50. The molecule has 0 aliphatic carbocycles. The molecule has 1 aromatic heterocycles. The third kappa shape index (κ3) is 2.70. The van der Waals surface area contributed by atoms with Gasteiger partial charge >= 0.3 is 0 Å². The Morgan fingerprint density at radius 2 is 2.24 bits per heavy atom. The second-order valence-electron chi connectivity index (χ2n) is 5.14. The summed E-state index contributed by atoms with van der Waals surface area (Å²) >= 11 is 0. The molecule has 21 heavy (non-hydrogen) atoms. The highest BCUT2D eigenvalue weighted by Gasteiger charge is 2.41. The van der Waals surface area contributed by atoms with Crippen LogP contribution in [0.3, 0.4) is 0 Å². The number of morpholine rings is 1. The Bertz CT molecular complexity index is 622. The Morgan fingerprint density at radius 1 is 1.38 bits per heavy atom. The van der Waals surface area contributed by atoms with Gasteiger partial charge in [-0.15, -0.1) is 0 Å². The Morgan fingerprint density at radius 3 is 2.95 bits per heavy atom. The molecule has 3 heterocycles. The topological polar surface area (TPSA) is 86.8 Å². The maximum Gasteiger partial charge on any atom is 0.282 e. The predicted octanol–water partition coefficient (Wildman–Crippen LogP) is 0.886. The zero-order chi connectivity index (χ0) is 14.9. The molecular formula is C13H17N3O4S. The first kappa shape index (κ1) is 14.5. The number of ether oxygens (including phenoxy) is 1. The van der Waals surface area contributed by atoms with E-state index in [0.29, 0.717) is 12.3 Å². The van der Waals surface area contributed by atoms with Crippen molar-refractivity contribution in [3.05, 3.63) is 24.2 Å². The number of nitrogens with zero attached hydrogens (tertiary/aromatic N) is 3. The van der Waals surface area contributed by atoms with E-state index in [9.17, 15) is 8.42 Å². The first-order valence-electron chi connectivity index (χ1n) is 6.94. The molecule has 0 spiro atoms. The summed E-state index contributed by atoms with van der Waals surface area (Å²) in [6.45, 7) is 1.08. The van der Waals surface area contributed by atoms with Gasteiger partial charge in [-0.3, -0.25) is 0 Å². The maximum absolute atomic E-state index is 12.8. The molecule has 2 saturated heterocycles. The number of furan rings is 1. The quantitative estimate of drug-likeness (QED) is 0.827. The fourth-order valence-electron chi connectivity index (χ4n) is 2.84. The van der Waals surface area contributed by atoms with Gasteiger partial charge in [0.05, 0.1) is 31.5 Å². The van der Waals surface area contributed by atoms with E-state index < -0.39 is 16.3 Å². The minimum Gasteiger partial charge on any atom is -0.468 e. The van der Waals surface area contributed by atoms with Crippen LogP contribution < -0.4 is 0 Å². The molecule has 0 N–H and O–H groups in total. The van der Waals surface area contributed by atoms with Crippen molar-refractivity contribution in [2.45, 2.75) is 25.0 Å². The highest BCUT2D eigenvalue weighted by Crippen LogP contribution is 2.35. The summed E-state index contributed by atoms with van der Waals surface area (Å²) in [5.74, 6) is 0.668. The molecule has 8 heteroatoms. The number of nitriles is 1. The molecule has 2 atom stereocenters. The van der Waals surface area contributed by atoms with Crippen LogP contribution in [-0.2, 0) is 14.9 Å². The molecule has 0 bridgehead atoms. The highest BCUT2D eigenvalue weighted by molar-refractivity contribution is 7.86. The van der Waals surface area contributed by atoms with Crippen molar-refractivity contribution < 1.29 is 17.6 Å². The van der Waals surface area contributed by atoms with Gasteiger partial charge in [0.2, 0.25) is 0 Å². The summed E-state index contributed by atoms with van der Waals surface area (Å²) in [4.78, 5) is 0. The van der Waals surface area contributed by atoms with Gasteiger partial charge in [0.1, 0.15) is 5.76 Å². The largest absolute Gasteiger partial charge is 0.468 e. The summed E-state index contributed by atoms with van der Waals surface area (Å²) in [6.07, 6.45) is 2.41. The van der Waals surface area contributed by atoms with Gasteiger partial charge in [-0.25, -0.2) is 0 Å². The second kappa shape index (κ2) is 5.77. The molecule has 0 unspecified atom stereocenters. The van der Waals surface area contributed by atoms with E-state index in [1.54, 1.807) is 18.4 Å².